The van der Waals surface area contributed by atoms with Crippen LogP contribution in [0.5, 0.6) is 0 Å². The van der Waals surface area contributed by atoms with Crippen LogP contribution in [0.1, 0.15) is 109 Å². The van der Waals surface area contributed by atoms with Crippen molar-refractivity contribution >= 4 is 0 Å². The van der Waals surface area contributed by atoms with E-state index >= 15 is 0 Å². The van der Waals surface area contributed by atoms with Gasteiger partial charge in [0.25, 0.3) is 0 Å². The van der Waals surface area contributed by atoms with Crippen LogP contribution in [0.15, 0.2) is 18.2 Å². The van der Waals surface area contributed by atoms with Gasteiger partial charge >= 0.3 is 0 Å². The van der Waals surface area contributed by atoms with Crippen molar-refractivity contribution in [3.05, 3.63) is 35.4 Å². The van der Waals surface area contributed by atoms with Crippen molar-refractivity contribution in [2.75, 3.05) is 0 Å². The Kier molecular flexibility index (Phi) is 9.46. The highest BCUT2D eigenvalue weighted by Crippen LogP contribution is 2.43. The van der Waals surface area contributed by atoms with Gasteiger partial charge in [0.1, 0.15) is 0 Å². The van der Waals surface area contributed by atoms with Gasteiger partial charge in [0.2, 0.25) is 0 Å². The molecule has 2 aliphatic rings. The first-order valence-corrected chi connectivity index (χ1v) is 12.6. The van der Waals surface area contributed by atoms with E-state index in [0.29, 0.717) is 0 Å². The molecule has 0 radical (unpaired) electrons. The highest BCUT2D eigenvalue weighted by atomic mass is 19.2. The molecule has 2 aliphatic carbocycles. The number of rotatable bonds is 10. The zero-order valence-corrected chi connectivity index (χ0v) is 18.6. The van der Waals surface area contributed by atoms with E-state index in [-0.39, 0.29) is 0 Å². The Hall–Kier alpha value is -0.920. The van der Waals surface area contributed by atoms with Crippen molar-refractivity contribution in [1.29, 1.82) is 0 Å². The number of halogens is 2. The Labute approximate surface area is 177 Å². The second kappa shape index (κ2) is 12.1. The molecule has 1 aromatic carbocycles. The van der Waals surface area contributed by atoms with Gasteiger partial charge in [0.05, 0.1) is 0 Å². The minimum Gasteiger partial charge on any atom is -0.204 e. The van der Waals surface area contributed by atoms with E-state index in [2.05, 4.69) is 6.92 Å². The molecule has 2 fully saturated rings. The van der Waals surface area contributed by atoms with Gasteiger partial charge in [-0.3, -0.25) is 0 Å². The summed E-state index contributed by atoms with van der Waals surface area (Å²) >= 11 is 0. The van der Waals surface area contributed by atoms with Crippen molar-refractivity contribution in [3.8, 4) is 0 Å². The summed E-state index contributed by atoms with van der Waals surface area (Å²) in [6.45, 7) is 2.31. The molecule has 0 aliphatic heterocycles. The lowest BCUT2D eigenvalue weighted by molar-refractivity contribution is 0.139. The number of benzene rings is 1. The third-order valence-corrected chi connectivity index (χ3v) is 7.98. The Bertz CT molecular complexity index is 580. The maximum atomic E-state index is 13.3. The van der Waals surface area contributed by atoms with Gasteiger partial charge in [0.15, 0.2) is 11.6 Å². The largest absolute Gasteiger partial charge is 0.204 e. The van der Waals surface area contributed by atoms with Crippen LogP contribution in [0.3, 0.4) is 0 Å². The zero-order chi connectivity index (χ0) is 20.5. The monoisotopic (exact) mass is 404 g/mol. The SMILES string of the molecule is CCCCC[C@H]1CC[C@H]([C@H]2CC[C@H](CCCCc3ccc(F)c(F)c3)CC2)CC1. The lowest BCUT2D eigenvalue weighted by Crippen LogP contribution is -2.25. The summed E-state index contributed by atoms with van der Waals surface area (Å²) in [5.41, 5.74) is 0.929. The molecule has 29 heavy (non-hydrogen) atoms. The molecule has 2 saturated carbocycles. The van der Waals surface area contributed by atoms with Crippen molar-refractivity contribution in [3.63, 3.8) is 0 Å². The predicted octanol–water partition coefficient (Wildman–Crippen LogP) is 8.87. The number of hydrogen-bond donors (Lipinski definition) is 0. The van der Waals surface area contributed by atoms with Crippen molar-refractivity contribution in [1.82, 2.24) is 0 Å². The molecule has 1 aromatic rings. The van der Waals surface area contributed by atoms with Gasteiger partial charge in [-0.2, -0.15) is 0 Å². The van der Waals surface area contributed by atoms with Crippen molar-refractivity contribution in [2.24, 2.45) is 23.7 Å². The molecule has 164 valence electrons. The number of hydrogen-bond acceptors (Lipinski definition) is 0. The van der Waals surface area contributed by atoms with Crippen LogP contribution in [0.25, 0.3) is 0 Å². The van der Waals surface area contributed by atoms with Crippen LogP contribution >= 0.6 is 0 Å². The molecule has 0 unspecified atom stereocenters. The minimum atomic E-state index is -0.740. The Morgan fingerprint density at radius 2 is 1.24 bits per heavy atom. The summed E-state index contributed by atoms with van der Waals surface area (Å²) < 4.78 is 26.3. The van der Waals surface area contributed by atoms with Gasteiger partial charge in [0, 0.05) is 0 Å². The average Bonchev–Trinajstić information content (AvgIpc) is 2.75. The lowest BCUT2D eigenvalue weighted by atomic mass is 9.68. The second-order valence-electron chi connectivity index (χ2n) is 10.1. The smallest absolute Gasteiger partial charge is 0.159 e. The van der Waals surface area contributed by atoms with Crippen LogP contribution in [0.4, 0.5) is 8.78 Å². The van der Waals surface area contributed by atoms with E-state index in [1.807, 2.05) is 0 Å². The molecule has 0 saturated heterocycles. The molecule has 0 nitrogen and oxygen atoms in total. The fourth-order valence-corrected chi connectivity index (χ4v) is 6.04. The van der Waals surface area contributed by atoms with Gasteiger partial charge in [-0.1, -0.05) is 77.2 Å². The van der Waals surface area contributed by atoms with Crippen LogP contribution in [-0.2, 0) is 6.42 Å². The maximum absolute atomic E-state index is 13.3. The first-order chi connectivity index (χ1) is 14.2. The molecule has 0 bridgehead atoms. The molecule has 0 N–H and O–H groups in total. The van der Waals surface area contributed by atoms with E-state index in [4.69, 9.17) is 0 Å². The minimum absolute atomic E-state index is 0.712. The van der Waals surface area contributed by atoms with E-state index in [9.17, 15) is 8.78 Å². The summed E-state index contributed by atoms with van der Waals surface area (Å²) in [5, 5.41) is 0. The number of aryl methyl sites for hydroxylation is 1. The van der Waals surface area contributed by atoms with E-state index in [1.165, 1.54) is 102 Å². The lowest BCUT2D eigenvalue weighted by Gasteiger charge is -2.38. The van der Waals surface area contributed by atoms with Crippen LogP contribution in [0.2, 0.25) is 0 Å². The molecular weight excluding hydrogens is 362 g/mol. The maximum Gasteiger partial charge on any atom is 0.159 e. The third-order valence-electron chi connectivity index (χ3n) is 7.98. The molecular formula is C27H42F2. The Balaban J connectivity index is 1.26. The first kappa shape index (κ1) is 22.8. The fraction of sp³-hybridized carbons (Fsp3) is 0.778. The van der Waals surface area contributed by atoms with Gasteiger partial charge < -0.3 is 0 Å². The zero-order valence-electron chi connectivity index (χ0n) is 18.6. The Morgan fingerprint density at radius 3 is 1.76 bits per heavy atom. The summed E-state index contributed by atoms with van der Waals surface area (Å²) in [5.74, 6) is 2.51. The summed E-state index contributed by atoms with van der Waals surface area (Å²) in [6, 6.07) is 4.34. The topological polar surface area (TPSA) is 0 Å². The summed E-state index contributed by atoms with van der Waals surface area (Å²) in [7, 11) is 0. The van der Waals surface area contributed by atoms with E-state index in [0.717, 1.165) is 42.1 Å². The molecule has 0 atom stereocenters. The van der Waals surface area contributed by atoms with E-state index < -0.39 is 11.6 Å². The standard InChI is InChI=1S/C27H42F2/c1-2-3-4-7-21-10-15-24(16-11-21)25-17-12-22(13-18-25)8-5-6-9-23-14-19-26(28)27(29)20-23/h14,19-22,24-25H,2-13,15-18H2,1H3/t21-,22-,24-,25-. The Morgan fingerprint density at radius 1 is 0.690 bits per heavy atom. The fourth-order valence-electron chi connectivity index (χ4n) is 6.04. The van der Waals surface area contributed by atoms with Crippen LogP contribution < -0.4 is 0 Å². The third kappa shape index (κ3) is 7.37. The van der Waals surface area contributed by atoms with Crippen molar-refractivity contribution < 1.29 is 8.78 Å². The highest BCUT2D eigenvalue weighted by molar-refractivity contribution is 5.17. The molecule has 0 aromatic heterocycles. The van der Waals surface area contributed by atoms with Crippen molar-refractivity contribution in [2.45, 2.75) is 110 Å². The molecule has 3 rings (SSSR count). The molecule has 0 spiro atoms. The molecule has 0 heterocycles. The second-order valence-corrected chi connectivity index (χ2v) is 10.1. The molecule has 2 heteroatoms. The van der Waals surface area contributed by atoms with Crippen LogP contribution in [0, 0.1) is 35.3 Å². The number of unbranched alkanes of at least 4 members (excludes halogenated alkanes) is 3. The summed E-state index contributed by atoms with van der Waals surface area (Å²) in [4.78, 5) is 0. The summed E-state index contributed by atoms with van der Waals surface area (Å²) in [6.07, 6.45) is 22.0. The quantitative estimate of drug-likeness (QED) is 0.342. The first-order valence-electron chi connectivity index (χ1n) is 12.6. The van der Waals surface area contributed by atoms with Gasteiger partial charge in [-0.25, -0.2) is 8.78 Å². The highest BCUT2D eigenvalue weighted by Gasteiger charge is 2.30. The van der Waals surface area contributed by atoms with Gasteiger partial charge in [-0.05, 0) is 79.9 Å². The van der Waals surface area contributed by atoms with Crippen LogP contribution in [-0.4, -0.2) is 0 Å². The van der Waals surface area contributed by atoms with Gasteiger partial charge in [-0.15, -0.1) is 0 Å². The van der Waals surface area contributed by atoms with E-state index in [1.54, 1.807) is 6.07 Å². The average molecular weight is 405 g/mol. The normalized spacial score (nSPS) is 27.8. The predicted molar refractivity (Wildman–Crippen MR) is 119 cm³/mol. The molecule has 0 amide bonds.